The van der Waals surface area contributed by atoms with Gasteiger partial charge in [0.15, 0.2) is 0 Å². The van der Waals surface area contributed by atoms with Crippen LogP contribution in [0.2, 0.25) is 5.02 Å². The van der Waals surface area contributed by atoms with Crippen molar-refractivity contribution in [1.29, 1.82) is 0 Å². The van der Waals surface area contributed by atoms with Crippen LogP contribution in [0.15, 0.2) is 35.9 Å². The number of allylic oxidation sites excluding steroid dienone is 2. The first-order chi connectivity index (χ1) is 11.3. The van der Waals surface area contributed by atoms with Gasteiger partial charge in [-0.2, -0.15) is 0 Å². The van der Waals surface area contributed by atoms with Crippen molar-refractivity contribution in [3.05, 3.63) is 46.5 Å². The number of benzene rings is 1. The van der Waals surface area contributed by atoms with Crippen LogP contribution in [0.25, 0.3) is 0 Å². The van der Waals surface area contributed by atoms with Crippen LogP contribution in [-0.2, 0) is 5.41 Å². The predicted octanol–water partition coefficient (Wildman–Crippen LogP) is 5.29. The van der Waals surface area contributed by atoms with Gasteiger partial charge in [-0.1, -0.05) is 49.2 Å². The highest BCUT2D eigenvalue weighted by molar-refractivity contribution is 6.30. The average molecular weight is 358 g/mol. The number of aliphatic hydroxyl groups is 1. The second-order valence-corrected chi connectivity index (χ2v) is 7.16. The summed E-state index contributed by atoms with van der Waals surface area (Å²) in [5.41, 5.74) is 2.97. The average Bonchev–Trinajstić information content (AvgIpc) is 2.52. The van der Waals surface area contributed by atoms with E-state index in [9.17, 15) is 4.39 Å². The van der Waals surface area contributed by atoms with Gasteiger partial charge >= 0.3 is 0 Å². The van der Waals surface area contributed by atoms with E-state index in [1.165, 1.54) is 17.6 Å². The Bertz CT molecular complexity index is 447. The molecule has 0 aliphatic heterocycles. The van der Waals surface area contributed by atoms with E-state index in [2.05, 4.69) is 51.2 Å². The molecule has 0 unspecified atom stereocenters. The third kappa shape index (κ3) is 11.6. The lowest BCUT2D eigenvalue weighted by atomic mass is 9.80. The van der Waals surface area contributed by atoms with Gasteiger partial charge in [0.1, 0.15) is 0 Å². The molecule has 0 bridgehead atoms. The maximum atomic E-state index is 11.3. The first kappa shape index (κ1) is 23.1. The molecule has 2 N–H and O–H groups in total. The summed E-state index contributed by atoms with van der Waals surface area (Å²) in [5, 5.41) is 11.9. The molecule has 0 radical (unpaired) electrons. The fourth-order valence-corrected chi connectivity index (χ4v) is 2.29. The summed E-state index contributed by atoms with van der Waals surface area (Å²) in [4.78, 5) is 0. The Morgan fingerprint density at radius 2 is 1.83 bits per heavy atom. The molecule has 0 atom stereocenters. The third-order valence-electron chi connectivity index (χ3n) is 3.72. The number of hydrogen-bond acceptors (Lipinski definition) is 2. The molecule has 0 saturated heterocycles. The Morgan fingerprint density at radius 3 is 2.33 bits per heavy atom. The zero-order valence-corrected chi connectivity index (χ0v) is 16.3. The van der Waals surface area contributed by atoms with Crippen LogP contribution in [0.3, 0.4) is 0 Å². The molecule has 1 rings (SSSR count). The minimum atomic E-state index is -0.279. The normalized spacial score (nSPS) is 10.8. The molecule has 24 heavy (non-hydrogen) atoms. The van der Waals surface area contributed by atoms with Gasteiger partial charge in [0.25, 0.3) is 0 Å². The smallest absolute Gasteiger partial charge is 0.0906 e. The molecular formula is C20H33ClFNO. The molecule has 0 heterocycles. The highest BCUT2D eigenvalue weighted by atomic mass is 35.5. The minimum absolute atomic E-state index is 0.131. The lowest BCUT2D eigenvalue weighted by Crippen LogP contribution is -2.19. The maximum absolute atomic E-state index is 11.3. The molecule has 0 saturated carbocycles. The fourth-order valence-electron chi connectivity index (χ4n) is 2.16. The summed E-state index contributed by atoms with van der Waals surface area (Å²) in [5.74, 6) is 0. The summed E-state index contributed by atoms with van der Waals surface area (Å²) in [7, 11) is 0. The lowest BCUT2D eigenvalue weighted by Gasteiger charge is -2.24. The number of hydrogen-bond donors (Lipinski definition) is 2. The van der Waals surface area contributed by atoms with E-state index in [0.29, 0.717) is 19.5 Å². The minimum Gasteiger partial charge on any atom is -0.395 e. The lowest BCUT2D eigenvalue weighted by molar-refractivity contribution is 0.291. The van der Waals surface area contributed by atoms with Gasteiger partial charge in [0.2, 0.25) is 0 Å². The van der Waals surface area contributed by atoms with Crippen molar-refractivity contribution in [2.45, 2.75) is 52.4 Å². The number of halogens is 2. The largest absolute Gasteiger partial charge is 0.395 e. The highest BCUT2D eigenvalue weighted by Crippen LogP contribution is 2.29. The summed E-state index contributed by atoms with van der Waals surface area (Å²) in [6, 6.07) is 8.20. The molecule has 0 amide bonds. The Labute approximate surface area is 152 Å². The van der Waals surface area contributed by atoms with E-state index in [0.717, 1.165) is 11.4 Å². The summed E-state index contributed by atoms with van der Waals surface area (Å²) in [6.07, 6.45) is 5.15. The van der Waals surface area contributed by atoms with E-state index in [1.807, 2.05) is 12.1 Å². The van der Waals surface area contributed by atoms with Gasteiger partial charge in [-0.25, -0.2) is 0 Å². The Kier molecular flexibility index (Phi) is 12.9. The molecule has 0 fully saturated rings. The predicted molar refractivity (Wildman–Crippen MR) is 104 cm³/mol. The standard InChI is InChI=1S/C15H21Cl.C5H12FNO/c1-12(2)6-5-11-15(3,4)13-7-9-14(16)10-8-13;6-2-1-3-7-4-5-8/h6-10H,5,11H2,1-4H3;7-8H,1-5H2. The van der Waals surface area contributed by atoms with Crippen molar-refractivity contribution < 1.29 is 9.50 Å². The molecule has 1 aromatic carbocycles. The van der Waals surface area contributed by atoms with Gasteiger partial charge in [-0.05, 0) is 62.8 Å². The van der Waals surface area contributed by atoms with Crippen LogP contribution < -0.4 is 5.32 Å². The van der Waals surface area contributed by atoms with Crippen molar-refractivity contribution in [3.63, 3.8) is 0 Å². The van der Waals surface area contributed by atoms with Gasteiger partial charge in [0.05, 0.1) is 13.3 Å². The topological polar surface area (TPSA) is 32.3 Å². The molecular weight excluding hydrogens is 325 g/mol. The van der Waals surface area contributed by atoms with E-state index in [4.69, 9.17) is 16.7 Å². The number of alkyl halides is 1. The number of nitrogens with one attached hydrogen (secondary N) is 1. The van der Waals surface area contributed by atoms with Gasteiger partial charge in [0, 0.05) is 11.6 Å². The number of rotatable bonds is 9. The van der Waals surface area contributed by atoms with E-state index in [1.54, 1.807) is 0 Å². The Hall–Kier alpha value is -0.900. The van der Waals surface area contributed by atoms with E-state index < -0.39 is 0 Å². The highest BCUT2D eigenvalue weighted by Gasteiger charge is 2.19. The SMILES string of the molecule is CC(C)=CCCC(C)(C)c1ccc(Cl)cc1.OCCNCCCF. The van der Waals surface area contributed by atoms with E-state index in [-0.39, 0.29) is 18.7 Å². The number of aliphatic hydroxyl groups excluding tert-OH is 1. The van der Waals surface area contributed by atoms with Crippen LogP contribution in [0, 0.1) is 0 Å². The summed E-state index contributed by atoms with van der Waals surface area (Å²) >= 11 is 5.90. The van der Waals surface area contributed by atoms with Crippen molar-refractivity contribution in [2.24, 2.45) is 0 Å². The molecule has 0 aromatic heterocycles. The second kappa shape index (κ2) is 13.4. The zero-order valence-electron chi connectivity index (χ0n) is 15.5. The van der Waals surface area contributed by atoms with Crippen LogP contribution in [0.1, 0.15) is 52.5 Å². The summed E-state index contributed by atoms with van der Waals surface area (Å²) < 4.78 is 11.3. The third-order valence-corrected chi connectivity index (χ3v) is 3.98. The van der Waals surface area contributed by atoms with Crippen molar-refractivity contribution in [1.82, 2.24) is 5.32 Å². The van der Waals surface area contributed by atoms with Crippen LogP contribution in [-0.4, -0.2) is 31.5 Å². The van der Waals surface area contributed by atoms with Crippen LogP contribution in [0.4, 0.5) is 4.39 Å². The van der Waals surface area contributed by atoms with E-state index >= 15 is 0 Å². The Balaban J connectivity index is 0.000000561. The molecule has 0 aliphatic rings. The molecule has 4 heteroatoms. The van der Waals surface area contributed by atoms with Gasteiger partial charge < -0.3 is 10.4 Å². The second-order valence-electron chi connectivity index (χ2n) is 6.73. The van der Waals surface area contributed by atoms with Crippen molar-refractivity contribution in [3.8, 4) is 0 Å². The fraction of sp³-hybridized carbons (Fsp3) is 0.600. The molecule has 2 nitrogen and oxygen atoms in total. The molecule has 0 spiro atoms. The quantitative estimate of drug-likeness (QED) is 0.464. The first-order valence-electron chi connectivity index (χ1n) is 8.60. The first-order valence-corrected chi connectivity index (χ1v) is 8.98. The van der Waals surface area contributed by atoms with Gasteiger partial charge in [-0.15, -0.1) is 0 Å². The zero-order chi connectivity index (χ0) is 18.4. The van der Waals surface area contributed by atoms with Crippen molar-refractivity contribution in [2.75, 3.05) is 26.4 Å². The summed E-state index contributed by atoms with van der Waals surface area (Å²) in [6.45, 7) is 9.95. The van der Waals surface area contributed by atoms with Crippen LogP contribution >= 0.6 is 11.6 Å². The molecule has 1 aromatic rings. The van der Waals surface area contributed by atoms with Gasteiger partial charge in [-0.3, -0.25) is 4.39 Å². The van der Waals surface area contributed by atoms with Crippen molar-refractivity contribution >= 4 is 11.6 Å². The molecule has 0 aliphatic carbocycles. The molecule has 138 valence electrons. The monoisotopic (exact) mass is 357 g/mol. The maximum Gasteiger partial charge on any atom is 0.0906 e. The Morgan fingerprint density at radius 1 is 1.21 bits per heavy atom. The van der Waals surface area contributed by atoms with Crippen LogP contribution in [0.5, 0.6) is 0 Å².